The van der Waals surface area contributed by atoms with Crippen LogP contribution in [-0.4, -0.2) is 56.0 Å². The second kappa shape index (κ2) is 11.3. The van der Waals surface area contributed by atoms with Crippen molar-refractivity contribution < 1.29 is 9.47 Å². The Balaban J connectivity index is 1.66. The topological polar surface area (TPSA) is 98.2 Å². The third kappa shape index (κ3) is 6.04. The summed E-state index contributed by atoms with van der Waals surface area (Å²) in [6, 6.07) is 15.7. The highest BCUT2D eigenvalue weighted by atomic mass is 16.5. The van der Waals surface area contributed by atoms with E-state index < -0.39 is 6.04 Å². The smallest absolute Gasteiger partial charge is 0.253 e. The zero-order valence-electron chi connectivity index (χ0n) is 23.5. The fourth-order valence-corrected chi connectivity index (χ4v) is 5.29. The van der Waals surface area contributed by atoms with E-state index >= 15 is 0 Å². The largest absolute Gasteiger partial charge is 0.494 e. The summed E-state index contributed by atoms with van der Waals surface area (Å²) in [4.78, 5) is 19.1. The summed E-state index contributed by atoms with van der Waals surface area (Å²) in [6.45, 7) is 12.8. The molecule has 2 aromatic heterocycles. The van der Waals surface area contributed by atoms with Gasteiger partial charge in [-0.25, -0.2) is 4.68 Å². The van der Waals surface area contributed by atoms with Crippen LogP contribution in [0.15, 0.2) is 53.3 Å². The molecule has 0 bridgehead atoms. The van der Waals surface area contributed by atoms with E-state index in [9.17, 15) is 4.79 Å². The van der Waals surface area contributed by atoms with Crippen molar-refractivity contribution in [2.24, 2.45) is 0 Å². The fourth-order valence-electron chi connectivity index (χ4n) is 5.29. The van der Waals surface area contributed by atoms with Crippen LogP contribution in [-0.2, 0) is 16.8 Å². The molecule has 5 rings (SSSR count). The van der Waals surface area contributed by atoms with Crippen molar-refractivity contribution in [1.82, 2.24) is 30.1 Å². The van der Waals surface area contributed by atoms with Crippen LogP contribution in [0.4, 0.5) is 0 Å². The number of aromatic amines is 1. The van der Waals surface area contributed by atoms with Crippen molar-refractivity contribution in [3.05, 3.63) is 81.4 Å². The highest BCUT2D eigenvalue weighted by molar-refractivity contribution is 5.79. The highest BCUT2D eigenvalue weighted by Gasteiger charge is 2.35. The Morgan fingerprint density at radius 1 is 1.18 bits per heavy atom. The highest BCUT2D eigenvalue weighted by Crippen LogP contribution is 2.32. The molecule has 0 unspecified atom stereocenters. The van der Waals surface area contributed by atoms with Gasteiger partial charge in [0.2, 0.25) is 0 Å². The van der Waals surface area contributed by atoms with Crippen LogP contribution < -0.4 is 10.3 Å². The molecule has 1 fully saturated rings. The van der Waals surface area contributed by atoms with E-state index in [1.807, 2.05) is 41.9 Å². The number of benzene rings is 2. The zero-order chi connectivity index (χ0) is 27.6. The predicted octanol–water partition coefficient (Wildman–Crippen LogP) is 4.75. The molecule has 0 aliphatic carbocycles. The number of aryl methyl sites for hydroxylation is 1. The van der Waals surface area contributed by atoms with Gasteiger partial charge in [-0.1, -0.05) is 23.8 Å². The van der Waals surface area contributed by atoms with Crippen LogP contribution in [0.1, 0.15) is 69.1 Å². The lowest BCUT2D eigenvalue weighted by molar-refractivity contribution is 0.0564. The van der Waals surface area contributed by atoms with Crippen molar-refractivity contribution >= 4 is 10.9 Å². The van der Waals surface area contributed by atoms with Gasteiger partial charge in [-0.2, -0.15) is 0 Å². The van der Waals surface area contributed by atoms with Crippen LogP contribution in [0.25, 0.3) is 10.9 Å². The number of nitrogens with one attached hydrogen (secondary N) is 1. The molecule has 1 saturated heterocycles. The Labute approximate surface area is 229 Å². The van der Waals surface area contributed by atoms with E-state index in [0.717, 1.165) is 47.2 Å². The summed E-state index contributed by atoms with van der Waals surface area (Å²) in [6.07, 6.45) is 2.07. The van der Waals surface area contributed by atoms with Crippen LogP contribution >= 0.6 is 0 Å². The first kappa shape index (κ1) is 27.0. The maximum atomic E-state index is 13.7. The Morgan fingerprint density at radius 3 is 2.67 bits per heavy atom. The van der Waals surface area contributed by atoms with Crippen LogP contribution in [0.5, 0.6) is 5.75 Å². The zero-order valence-corrected chi connectivity index (χ0v) is 23.5. The van der Waals surface area contributed by atoms with E-state index in [1.165, 1.54) is 0 Å². The number of ether oxygens (including phenoxy) is 2. The Kier molecular flexibility index (Phi) is 7.81. The number of H-pyrrole nitrogens is 1. The van der Waals surface area contributed by atoms with Gasteiger partial charge < -0.3 is 14.5 Å². The lowest BCUT2D eigenvalue weighted by Gasteiger charge is -2.34. The van der Waals surface area contributed by atoms with Crippen molar-refractivity contribution in [3.63, 3.8) is 0 Å². The third-order valence-electron chi connectivity index (χ3n) is 7.14. The summed E-state index contributed by atoms with van der Waals surface area (Å²) in [7, 11) is 0. The molecular formula is C30H38N6O3. The van der Waals surface area contributed by atoms with Gasteiger partial charge in [0.15, 0.2) is 5.82 Å². The normalized spacial score (nSPS) is 16.7. The number of nitrogens with zero attached hydrogens (tertiary/aromatic N) is 5. The summed E-state index contributed by atoms with van der Waals surface area (Å²) in [5.41, 5.74) is 3.11. The Morgan fingerprint density at radius 2 is 1.97 bits per heavy atom. The molecule has 0 saturated carbocycles. The summed E-state index contributed by atoms with van der Waals surface area (Å²) in [5, 5.41) is 13.9. The molecule has 0 spiro atoms. The number of hydrogen-bond donors (Lipinski definition) is 1. The van der Waals surface area contributed by atoms with Crippen LogP contribution in [0.3, 0.4) is 0 Å². The standard InChI is InChI=1S/C30H38N6O3/c1-6-38-23-12-10-21(11-13-23)18-35(19-24-8-7-15-39-24)27(28-32-33-34-36(28)30(3,4)5)25-17-22-16-20(2)9-14-26(22)31-29(25)37/h9-14,16-17,24,27H,6-8,15,18-19H2,1-5H3,(H,31,37)/t24-,27-/m1/s1. The van der Waals surface area contributed by atoms with Gasteiger partial charge in [-0.3, -0.25) is 9.69 Å². The number of hydrogen-bond acceptors (Lipinski definition) is 7. The molecule has 206 valence electrons. The van der Waals surface area contributed by atoms with Gasteiger partial charge >= 0.3 is 0 Å². The number of tetrazole rings is 1. The molecule has 39 heavy (non-hydrogen) atoms. The van der Waals surface area contributed by atoms with Gasteiger partial charge in [0.1, 0.15) is 11.8 Å². The third-order valence-corrected chi connectivity index (χ3v) is 7.14. The van der Waals surface area contributed by atoms with E-state index in [4.69, 9.17) is 9.47 Å². The number of pyridine rings is 1. The molecule has 2 aromatic carbocycles. The molecular weight excluding hydrogens is 492 g/mol. The van der Waals surface area contributed by atoms with E-state index in [1.54, 1.807) is 0 Å². The quantitative estimate of drug-likeness (QED) is 0.334. The predicted molar refractivity (Wildman–Crippen MR) is 151 cm³/mol. The summed E-state index contributed by atoms with van der Waals surface area (Å²) in [5.74, 6) is 1.46. The maximum Gasteiger partial charge on any atom is 0.253 e. The van der Waals surface area contributed by atoms with E-state index in [2.05, 4.69) is 71.3 Å². The molecule has 9 heteroatoms. The van der Waals surface area contributed by atoms with E-state index in [0.29, 0.717) is 31.1 Å². The minimum absolute atomic E-state index is 0.0657. The average molecular weight is 531 g/mol. The molecule has 0 amide bonds. The monoisotopic (exact) mass is 530 g/mol. The molecule has 9 nitrogen and oxygen atoms in total. The molecule has 0 radical (unpaired) electrons. The molecule has 4 aromatic rings. The average Bonchev–Trinajstić information content (AvgIpc) is 3.59. The summed E-state index contributed by atoms with van der Waals surface area (Å²) >= 11 is 0. The first-order chi connectivity index (χ1) is 18.7. The van der Waals surface area contributed by atoms with E-state index in [-0.39, 0.29) is 17.2 Å². The minimum Gasteiger partial charge on any atom is -0.494 e. The lowest BCUT2D eigenvalue weighted by atomic mass is 9.99. The van der Waals surface area contributed by atoms with Crippen LogP contribution in [0.2, 0.25) is 0 Å². The van der Waals surface area contributed by atoms with Gasteiger partial charge in [0.25, 0.3) is 5.56 Å². The second-order valence-electron chi connectivity index (χ2n) is 11.3. The summed E-state index contributed by atoms with van der Waals surface area (Å²) < 4.78 is 13.6. The van der Waals surface area contributed by atoms with Crippen molar-refractivity contribution in [2.45, 2.75) is 71.7 Å². The van der Waals surface area contributed by atoms with Gasteiger partial charge in [0, 0.05) is 30.8 Å². The Hall–Kier alpha value is -3.56. The van der Waals surface area contributed by atoms with Gasteiger partial charge in [-0.15, -0.1) is 5.10 Å². The molecule has 1 aliphatic heterocycles. The van der Waals surface area contributed by atoms with Gasteiger partial charge in [0.05, 0.1) is 18.2 Å². The van der Waals surface area contributed by atoms with Crippen molar-refractivity contribution in [3.8, 4) is 5.75 Å². The minimum atomic E-state index is -0.497. The number of aromatic nitrogens is 5. The SMILES string of the molecule is CCOc1ccc(CN(C[C@H]2CCCO2)[C@H](c2cc3cc(C)ccc3[nH]c2=O)c2nnnn2C(C)(C)C)cc1. The number of fused-ring (bicyclic) bond motifs is 1. The molecule has 3 heterocycles. The molecule has 2 atom stereocenters. The molecule has 1 aliphatic rings. The first-order valence-electron chi connectivity index (χ1n) is 13.7. The Bertz CT molecular complexity index is 1460. The fraction of sp³-hybridized carbons (Fsp3) is 0.467. The lowest BCUT2D eigenvalue weighted by Crippen LogP contribution is -2.40. The van der Waals surface area contributed by atoms with Gasteiger partial charge in [-0.05, 0) is 99.2 Å². The first-order valence-corrected chi connectivity index (χ1v) is 13.7. The van der Waals surface area contributed by atoms with Crippen LogP contribution in [0, 0.1) is 6.92 Å². The van der Waals surface area contributed by atoms with Crippen molar-refractivity contribution in [1.29, 1.82) is 0 Å². The maximum absolute atomic E-state index is 13.7. The number of rotatable bonds is 9. The molecule has 1 N–H and O–H groups in total. The van der Waals surface area contributed by atoms with Crippen molar-refractivity contribution in [2.75, 3.05) is 19.8 Å². The second-order valence-corrected chi connectivity index (χ2v) is 11.3.